The van der Waals surface area contributed by atoms with Gasteiger partial charge < -0.3 is 14.7 Å². The highest BCUT2D eigenvalue weighted by Gasteiger charge is 2.31. The van der Waals surface area contributed by atoms with Gasteiger partial charge in [-0.1, -0.05) is 6.07 Å². The summed E-state index contributed by atoms with van der Waals surface area (Å²) < 4.78 is 5.22. The van der Waals surface area contributed by atoms with Gasteiger partial charge in [-0.2, -0.15) is 0 Å². The third-order valence-electron chi connectivity index (χ3n) is 3.67. The summed E-state index contributed by atoms with van der Waals surface area (Å²) >= 11 is 1.40. The molecule has 2 aromatic rings. The van der Waals surface area contributed by atoms with Crippen molar-refractivity contribution in [2.75, 3.05) is 11.4 Å². The van der Waals surface area contributed by atoms with Crippen LogP contribution in [0.3, 0.4) is 0 Å². The fourth-order valence-corrected chi connectivity index (χ4v) is 3.44. The average Bonchev–Trinajstić information content (AvgIpc) is 3.10. The lowest BCUT2D eigenvalue weighted by atomic mass is 10.2. The highest BCUT2D eigenvalue weighted by atomic mass is 32.1. The van der Waals surface area contributed by atoms with E-state index in [-0.39, 0.29) is 24.2 Å². The van der Waals surface area contributed by atoms with E-state index < -0.39 is 5.97 Å². The lowest BCUT2D eigenvalue weighted by Gasteiger charge is -2.19. The van der Waals surface area contributed by atoms with Crippen molar-refractivity contribution in [2.24, 2.45) is 0 Å². The summed E-state index contributed by atoms with van der Waals surface area (Å²) in [6, 6.07) is 6.88. The molecule has 0 bridgehead atoms. The number of anilines is 1. The smallest absolute Gasteiger partial charge is 0.338 e. The second-order valence-electron chi connectivity index (χ2n) is 6.05. The zero-order valence-electron chi connectivity index (χ0n) is 14.2. The molecule has 130 valence electrons. The minimum atomic E-state index is -0.407. The number of esters is 1. The van der Waals surface area contributed by atoms with Crippen LogP contribution in [-0.4, -0.2) is 34.5 Å². The van der Waals surface area contributed by atoms with Crippen LogP contribution in [-0.2, 0) is 4.74 Å². The van der Waals surface area contributed by atoms with Crippen LogP contribution in [0.15, 0.2) is 35.4 Å². The normalized spacial score (nSPS) is 14.6. The zero-order chi connectivity index (χ0) is 18.1. The van der Waals surface area contributed by atoms with Crippen LogP contribution in [0.1, 0.15) is 34.9 Å². The average molecular weight is 357 g/mol. The molecule has 0 amide bonds. The van der Waals surface area contributed by atoms with Crippen LogP contribution in [0.4, 0.5) is 5.69 Å². The minimum Gasteiger partial charge on any atom is -0.510 e. The third kappa shape index (κ3) is 3.41. The van der Waals surface area contributed by atoms with Gasteiger partial charge in [-0.25, -0.2) is 9.78 Å². The molecule has 0 aliphatic carbocycles. The van der Waals surface area contributed by atoms with Gasteiger partial charge in [-0.05, 0) is 39.0 Å². The summed E-state index contributed by atoms with van der Waals surface area (Å²) in [6.07, 6.45) is -0.202. The van der Waals surface area contributed by atoms with Gasteiger partial charge in [0.15, 0.2) is 0 Å². The van der Waals surface area contributed by atoms with Crippen LogP contribution < -0.4 is 4.90 Å². The van der Waals surface area contributed by atoms with E-state index >= 15 is 0 Å². The Bertz CT molecular complexity index is 870. The Morgan fingerprint density at radius 2 is 2.20 bits per heavy atom. The number of nitrogens with zero attached hydrogens (tertiary/aromatic N) is 2. The van der Waals surface area contributed by atoms with Gasteiger partial charge in [-0.3, -0.25) is 5.41 Å². The number of thiazole rings is 1. The number of amidine groups is 1. The first kappa shape index (κ1) is 17.2. The van der Waals surface area contributed by atoms with E-state index in [0.29, 0.717) is 21.8 Å². The largest absolute Gasteiger partial charge is 0.510 e. The maximum absolute atomic E-state index is 12.1. The Morgan fingerprint density at radius 1 is 1.44 bits per heavy atom. The standard InChI is InChI=1S/C18H19N3O3S/c1-10(2)24-18(23)12-5-4-6-13(7-12)21-8-14(22)15(16(21)19)17-20-11(3)9-25-17/h4-7,9-10,19,22H,8H2,1-3H3. The van der Waals surface area contributed by atoms with E-state index in [9.17, 15) is 9.90 Å². The molecule has 0 fully saturated rings. The highest BCUT2D eigenvalue weighted by molar-refractivity contribution is 7.11. The maximum Gasteiger partial charge on any atom is 0.338 e. The van der Waals surface area contributed by atoms with Crippen molar-refractivity contribution in [2.45, 2.75) is 26.9 Å². The first-order valence-electron chi connectivity index (χ1n) is 7.89. The quantitative estimate of drug-likeness (QED) is 0.813. The van der Waals surface area contributed by atoms with E-state index in [4.69, 9.17) is 10.1 Å². The first-order valence-corrected chi connectivity index (χ1v) is 8.77. The number of aliphatic hydroxyl groups is 1. The predicted molar refractivity (Wildman–Crippen MR) is 98.5 cm³/mol. The number of aryl methyl sites for hydroxylation is 1. The summed E-state index contributed by atoms with van der Waals surface area (Å²) in [5.74, 6) is -0.133. The molecule has 1 aliphatic rings. The number of carbonyl (C=O) groups is 1. The molecule has 0 unspecified atom stereocenters. The maximum atomic E-state index is 12.1. The number of hydrogen-bond acceptors (Lipinski definition) is 6. The molecule has 6 nitrogen and oxygen atoms in total. The van der Waals surface area contributed by atoms with Gasteiger partial charge in [0.1, 0.15) is 16.6 Å². The molecule has 0 saturated heterocycles. The number of carbonyl (C=O) groups excluding carboxylic acids is 1. The highest BCUT2D eigenvalue weighted by Crippen LogP contribution is 2.32. The zero-order valence-corrected chi connectivity index (χ0v) is 15.1. The van der Waals surface area contributed by atoms with Gasteiger partial charge in [0, 0.05) is 16.8 Å². The van der Waals surface area contributed by atoms with Gasteiger partial charge in [-0.15, -0.1) is 11.3 Å². The predicted octanol–water partition coefficient (Wildman–Crippen LogP) is 3.78. The monoisotopic (exact) mass is 357 g/mol. The van der Waals surface area contributed by atoms with Crippen LogP contribution in [0.25, 0.3) is 5.57 Å². The number of benzene rings is 1. The molecular weight excluding hydrogens is 338 g/mol. The van der Waals surface area contributed by atoms with Crippen molar-refractivity contribution in [1.82, 2.24) is 4.98 Å². The number of rotatable bonds is 4. The van der Waals surface area contributed by atoms with Crippen molar-refractivity contribution < 1.29 is 14.6 Å². The molecule has 7 heteroatoms. The lowest BCUT2D eigenvalue weighted by Crippen LogP contribution is -2.26. The summed E-state index contributed by atoms with van der Waals surface area (Å²) in [4.78, 5) is 18.1. The molecule has 0 atom stereocenters. The molecule has 0 radical (unpaired) electrons. The van der Waals surface area contributed by atoms with Crippen molar-refractivity contribution in [3.8, 4) is 0 Å². The van der Waals surface area contributed by atoms with Crippen LogP contribution in [0, 0.1) is 12.3 Å². The molecule has 0 spiro atoms. The first-order chi connectivity index (χ1) is 11.9. The summed E-state index contributed by atoms with van der Waals surface area (Å²) in [7, 11) is 0. The van der Waals surface area contributed by atoms with Gasteiger partial charge >= 0.3 is 5.97 Å². The number of hydrogen-bond donors (Lipinski definition) is 2. The summed E-state index contributed by atoms with van der Waals surface area (Å²) in [6.45, 7) is 5.64. The third-order valence-corrected chi connectivity index (χ3v) is 4.65. The number of aliphatic hydroxyl groups excluding tert-OH is 1. The molecule has 1 aliphatic heterocycles. The minimum absolute atomic E-state index is 0.106. The molecule has 0 saturated carbocycles. The van der Waals surface area contributed by atoms with Gasteiger partial charge in [0.05, 0.1) is 23.8 Å². The molecule has 1 aromatic carbocycles. The summed E-state index contributed by atoms with van der Waals surface area (Å²) in [5, 5.41) is 21.3. The van der Waals surface area contributed by atoms with Crippen molar-refractivity contribution >= 4 is 34.4 Å². The molecule has 2 heterocycles. The molecule has 1 aromatic heterocycles. The van der Waals surface area contributed by atoms with Crippen LogP contribution in [0.5, 0.6) is 0 Å². The lowest BCUT2D eigenvalue weighted by molar-refractivity contribution is 0.0378. The van der Waals surface area contributed by atoms with Crippen molar-refractivity contribution in [3.63, 3.8) is 0 Å². The Hall–Kier alpha value is -2.67. The van der Waals surface area contributed by atoms with Crippen LogP contribution in [0.2, 0.25) is 0 Å². The fourth-order valence-electron chi connectivity index (χ4n) is 2.58. The Balaban J connectivity index is 1.87. The second kappa shape index (κ2) is 6.68. The number of ether oxygens (including phenoxy) is 1. The topological polar surface area (TPSA) is 86.5 Å². The van der Waals surface area contributed by atoms with Gasteiger partial charge in [0.2, 0.25) is 0 Å². The molecular formula is C18H19N3O3S. The fraction of sp³-hybridized carbons (Fsp3) is 0.278. The van der Waals surface area contributed by atoms with Crippen molar-refractivity contribution in [3.05, 3.63) is 51.7 Å². The molecule has 3 rings (SSSR count). The number of nitrogens with one attached hydrogen (secondary N) is 1. The summed E-state index contributed by atoms with van der Waals surface area (Å²) in [5.41, 5.74) is 2.35. The van der Waals surface area contributed by atoms with E-state index in [1.54, 1.807) is 43.0 Å². The van der Waals surface area contributed by atoms with E-state index in [1.807, 2.05) is 12.3 Å². The van der Waals surface area contributed by atoms with Crippen molar-refractivity contribution in [1.29, 1.82) is 5.41 Å². The van der Waals surface area contributed by atoms with E-state index in [2.05, 4.69) is 4.98 Å². The number of aromatic nitrogens is 1. The Morgan fingerprint density at radius 3 is 2.84 bits per heavy atom. The van der Waals surface area contributed by atoms with E-state index in [1.165, 1.54) is 11.3 Å². The molecule has 25 heavy (non-hydrogen) atoms. The Kier molecular flexibility index (Phi) is 4.59. The SMILES string of the molecule is Cc1csc(C2=C(O)CN(c3cccc(C(=O)OC(C)C)c3)C2=N)n1. The van der Waals surface area contributed by atoms with E-state index in [0.717, 1.165) is 5.69 Å². The van der Waals surface area contributed by atoms with Crippen LogP contribution >= 0.6 is 11.3 Å². The second-order valence-corrected chi connectivity index (χ2v) is 6.91. The Labute approximate surface area is 149 Å². The van der Waals surface area contributed by atoms with Gasteiger partial charge in [0.25, 0.3) is 0 Å². The molecule has 2 N–H and O–H groups in total.